The Bertz CT molecular complexity index is 1270. The van der Waals surface area contributed by atoms with Crippen LogP contribution in [0.3, 0.4) is 0 Å². The van der Waals surface area contributed by atoms with E-state index in [0.29, 0.717) is 11.8 Å². The third-order valence-corrected chi connectivity index (χ3v) is 7.13. The van der Waals surface area contributed by atoms with Gasteiger partial charge >= 0.3 is 6.01 Å². The van der Waals surface area contributed by atoms with Crippen LogP contribution in [0.5, 0.6) is 11.8 Å². The third kappa shape index (κ3) is 5.22. The van der Waals surface area contributed by atoms with E-state index < -0.39 is 16.3 Å². The van der Waals surface area contributed by atoms with Crippen LogP contribution in [0.15, 0.2) is 30.6 Å². The molecule has 10 radical (unpaired) electrons. The Morgan fingerprint density at radius 1 is 1.05 bits per heavy atom. The molecule has 37 heavy (non-hydrogen) atoms. The first-order chi connectivity index (χ1) is 17.4. The van der Waals surface area contributed by atoms with Gasteiger partial charge in [0.25, 0.3) is 0 Å². The molecule has 8 nitrogen and oxygen atoms in total. The second kappa shape index (κ2) is 9.60. The number of nitrogens with one attached hydrogen (secondary N) is 1. The number of nitrogens with zero attached hydrogens (tertiary/aromatic N) is 6. The molecule has 2 bridgehead atoms. The fourth-order valence-corrected chi connectivity index (χ4v) is 5.16. The molecule has 1 N–H and O–H groups in total. The summed E-state index contributed by atoms with van der Waals surface area (Å²) in [5.74, 6) is 1.17. The maximum atomic E-state index is 13.9. The van der Waals surface area contributed by atoms with E-state index in [2.05, 4.69) is 30.3 Å². The summed E-state index contributed by atoms with van der Waals surface area (Å²) >= 11 is 5.96. The Labute approximate surface area is 226 Å². The molecule has 15 heteroatoms. The fourth-order valence-electron chi connectivity index (χ4n) is 4.95. The highest BCUT2D eigenvalue weighted by Crippen LogP contribution is 2.41. The summed E-state index contributed by atoms with van der Waals surface area (Å²) < 4.78 is 20.6. The SMILES string of the molecule is [B]C([B])([B])C([B])([B])n1nc(NC2[C@@H]3CC[C@H]2CN(c2cc(C)ncn2)C3)nc1Oc1cc(F)cc(Cl)c1. The molecule has 1 saturated carbocycles. The largest absolute Gasteiger partial charge is 0.424 e. The van der Waals surface area contributed by atoms with Crippen LogP contribution < -0.4 is 15.0 Å². The molecule has 0 spiro atoms. The number of aromatic nitrogens is 5. The molecule has 1 aliphatic carbocycles. The van der Waals surface area contributed by atoms with Gasteiger partial charge in [-0.3, -0.25) is 0 Å². The number of hydrogen-bond acceptors (Lipinski definition) is 7. The zero-order valence-electron chi connectivity index (χ0n) is 20.2. The predicted molar refractivity (Wildman–Crippen MR) is 144 cm³/mol. The van der Waals surface area contributed by atoms with Gasteiger partial charge in [-0.2, -0.15) is 4.98 Å². The van der Waals surface area contributed by atoms with E-state index >= 15 is 0 Å². The lowest BCUT2D eigenvalue weighted by Gasteiger charge is -2.42. The standard InChI is InChI=1S/C22H20B5ClFN7O/c1-11-4-17(31-10-30-11)35-8-12-2-3-13(9-35)18(12)32-19-33-20(36(34-19)22(26,27)21(23,24)25)37-16-6-14(28)5-15(29)7-16/h4-7,10,12-13,18H,2-3,8-9H2,1H3,(H,32,34)/t12-,13+,18?. The molecule has 1 saturated heterocycles. The number of anilines is 2. The molecule has 2 fully saturated rings. The van der Waals surface area contributed by atoms with Crippen molar-refractivity contribution < 1.29 is 9.13 Å². The topological polar surface area (TPSA) is 81.0 Å². The van der Waals surface area contributed by atoms with Gasteiger partial charge in [0.15, 0.2) is 0 Å². The van der Waals surface area contributed by atoms with E-state index in [1.165, 1.54) is 6.07 Å². The average Bonchev–Trinajstić information content (AvgIpc) is 3.28. The van der Waals surface area contributed by atoms with Crippen molar-refractivity contribution in [3.63, 3.8) is 0 Å². The van der Waals surface area contributed by atoms with Crippen molar-refractivity contribution in [1.29, 1.82) is 0 Å². The summed E-state index contributed by atoms with van der Waals surface area (Å²) in [5, 5.41) is 3.70. The molecule has 2 aliphatic rings. The minimum absolute atomic E-state index is 0.0474. The van der Waals surface area contributed by atoms with Crippen molar-refractivity contribution in [2.24, 2.45) is 11.8 Å². The van der Waals surface area contributed by atoms with E-state index in [9.17, 15) is 4.39 Å². The Balaban J connectivity index is 1.41. The minimum atomic E-state index is -2.11. The van der Waals surface area contributed by atoms with E-state index in [1.807, 2.05) is 13.0 Å². The van der Waals surface area contributed by atoms with Crippen LogP contribution in [0, 0.1) is 24.6 Å². The number of piperidine rings is 1. The molecule has 3 aromatic rings. The highest BCUT2D eigenvalue weighted by Gasteiger charge is 2.43. The molecule has 0 amide bonds. The number of fused-ring (bicyclic) bond motifs is 2. The van der Waals surface area contributed by atoms with Crippen LogP contribution in [0.4, 0.5) is 16.2 Å². The molecule has 2 aromatic heterocycles. The van der Waals surface area contributed by atoms with E-state index in [1.54, 1.807) is 6.33 Å². The lowest BCUT2D eigenvalue weighted by molar-refractivity contribution is 0.372. The van der Waals surface area contributed by atoms with Crippen molar-refractivity contribution in [2.75, 3.05) is 23.3 Å². The highest BCUT2D eigenvalue weighted by molar-refractivity contribution is 6.66. The number of ether oxygens (including phenoxy) is 1. The lowest BCUT2D eigenvalue weighted by Crippen LogP contribution is -2.49. The van der Waals surface area contributed by atoms with Gasteiger partial charge in [0.05, 0.1) is 39.2 Å². The number of benzene rings is 1. The van der Waals surface area contributed by atoms with Crippen LogP contribution in [-0.4, -0.2) is 83.1 Å². The van der Waals surface area contributed by atoms with Crippen molar-refractivity contribution in [3.05, 3.63) is 47.1 Å². The van der Waals surface area contributed by atoms with Crippen molar-refractivity contribution >= 4 is 62.6 Å². The maximum absolute atomic E-state index is 13.9. The molecule has 5 rings (SSSR count). The molecular formula is C22H20B5ClFN7O. The van der Waals surface area contributed by atoms with Gasteiger partial charge in [-0.15, -0.1) is 10.2 Å². The van der Waals surface area contributed by atoms with Gasteiger partial charge in [0.1, 0.15) is 23.7 Å². The summed E-state index contributed by atoms with van der Waals surface area (Å²) in [5.41, 5.74) is 0.919. The summed E-state index contributed by atoms with van der Waals surface area (Å²) in [6.45, 7) is 3.57. The number of halogens is 2. The normalized spacial score (nSPS) is 21.7. The Kier molecular flexibility index (Phi) is 6.75. The average molecular weight is 507 g/mol. The van der Waals surface area contributed by atoms with Gasteiger partial charge in [0, 0.05) is 42.0 Å². The van der Waals surface area contributed by atoms with Gasteiger partial charge in [-0.1, -0.05) is 11.6 Å². The summed E-state index contributed by atoms with van der Waals surface area (Å²) in [7, 11) is 29.8. The fraction of sp³-hybridized carbons (Fsp3) is 0.455. The second-order valence-corrected chi connectivity index (χ2v) is 10.2. The molecule has 1 aliphatic heterocycles. The number of aryl methyl sites for hydroxylation is 1. The second-order valence-electron chi connectivity index (χ2n) is 9.79. The predicted octanol–water partition coefficient (Wildman–Crippen LogP) is 1.81. The molecule has 3 atom stereocenters. The maximum Gasteiger partial charge on any atom is 0.321 e. The zero-order valence-corrected chi connectivity index (χ0v) is 20.9. The summed E-state index contributed by atoms with van der Waals surface area (Å²) in [6.07, 6.45) is 3.65. The minimum Gasteiger partial charge on any atom is -0.424 e. The first-order valence-electron chi connectivity index (χ1n) is 11.8. The van der Waals surface area contributed by atoms with E-state index in [-0.39, 0.29) is 28.8 Å². The van der Waals surface area contributed by atoms with Crippen molar-refractivity contribution in [1.82, 2.24) is 24.7 Å². The Hall–Kier alpha value is -2.62. The van der Waals surface area contributed by atoms with Crippen molar-refractivity contribution in [3.8, 4) is 11.8 Å². The Morgan fingerprint density at radius 2 is 1.76 bits per heavy atom. The Morgan fingerprint density at radius 3 is 2.38 bits per heavy atom. The monoisotopic (exact) mass is 507 g/mol. The zero-order chi connectivity index (χ0) is 26.5. The molecular weight excluding hydrogens is 487 g/mol. The first-order valence-corrected chi connectivity index (χ1v) is 12.1. The van der Waals surface area contributed by atoms with Gasteiger partial charge in [0.2, 0.25) is 5.95 Å². The van der Waals surface area contributed by atoms with Crippen LogP contribution >= 0.6 is 11.6 Å². The first kappa shape index (κ1) is 26.0. The van der Waals surface area contributed by atoms with Crippen LogP contribution in [0.25, 0.3) is 0 Å². The van der Waals surface area contributed by atoms with E-state index in [4.69, 9.17) is 55.6 Å². The molecule has 3 heterocycles. The summed E-state index contributed by atoms with van der Waals surface area (Å²) in [4.78, 5) is 15.3. The van der Waals surface area contributed by atoms with Crippen LogP contribution in [0.1, 0.15) is 18.5 Å². The highest BCUT2D eigenvalue weighted by atomic mass is 35.5. The lowest BCUT2D eigenvalue weighted by atomic mass is 9.26. The number of rotatable bonds is 7. The number of hydrogen-bond donors (Lipinski definition) is 1. The van der Waals surface area contributed by atoms with Gasteiger partial charge < -0.3 is 15.0 Å². The van der Waals surface area contributed by atoms with E-state index in [0.717, 1.165) is 54.3 Å². The quantitative estimate of drug-likeness (QED) is 0.490. The third-order valence-electron chi connectivity index (χ3n) is 6.91. The summed E-state index contributed by atoms with van der Waals surface area (Å²) in [6, 6.07) is 5.53. The van der Waals surface area contributed by atoms with Crippen LogP contribution in [-0.2, 0) is 5.34 Å². The smallest absolute Gasteiger partial charge is 0.321 e. The van der Waals surface area contributed by atoms with Crippen molar-refractivity contribution in [2.45, 2.75) is 36.3 Å². The van der Waals surface area contributed by atoms with Gasteiger partial charge in [-0.05, 0) is 49.1 Å². The molecule has 1 aromatic carbocycles. The van der Waals surface area contributed by atoms with Gasteiger partial charge in [-0.25, -0.2) is 19.0 Å². The van der Waals surface area contributed by atoms with Crippen LogP contribution in [0.2, 0.25) is 10.1 Å². The molecule has 178 valence electrons. The molecule has 1 unspecified atom stereocenters.